The number of aliphatic hydroxyl groups is 5. The minimum absolute atomic E-state index is 0. The van der Waals surface area contributed by atoms with Crippen LogP contribution < -0.4 is 0 Å². The van der Waals surface area contributed by atoms with Crippen LogP contribution in [0.2, 0.25) is 0 Å². The summed E-state index contributed by atoms with van der Waals surface area (Å²) in [5.74, 6) is 4.69. The zero-order valence-electron chi connectivity index (χ0n) is 54.8. The maximum atomic E-state index is 11.1. The van der Waals surface area contributed by atoms with Gasteiger partial charge in [0.05, 0.1) is 55.2 Å². The third-order valence-electron chi connectivity index (χ3n) is 13.4. The van der Waals surface area contributed by atoms with Crippen molar-refractivity contribution in [2.45, 2.75) is 142 Å². The number of hydrogen-bond donors (Lipinski definition) is 5. The summed E-state index contributed by atoms with van der Waals surface area (Å²) in [5, 5.41) is 46.2. The average molecular weight is 1450 g/mol. The van der Waals surface area contributed by atoms with Crippen molar-refractivity contribution in [3.05, 3.63) is 117 Å². The summed E-state index contributed by atoms with van der Waals surface area (Å²) < 4.78 is 13.2. The lowest BCUT2D eigenvalue weighted by Crippen LogP contribution is -2.25. The Bertz CT molecular complexity index is 3040. The highest BCUT2D eigenvalue weighted by Crippen LogP contribution is 2.43. The number of ether oxygens (including phenoxy) is 3. The lowest BCUT2D eigenvalue weighted by molar-refractivity contribution is -0.117. The molecule has 0 radical (unpaired) electrons. The van der Waals surface area contributed by atoms with Crippen molar-refractivity contribution in [3.8, 4) is 0 Å². The summed E-state index contributed by atoms with van der Waals surface area (Å²) in [6, 6.07) is 0. The normalized spacial score (nSPS) is 23.9. The fraction of sp³-hybridized carbons (Fsp3) is 0.524. The quantitative estimate of drug-likeness (QED) is 0.106. The highest BCUT2D eigenvalue weighted by molar-refractivity contribution is 8.17. The van der Waals surface area contributed by atoms with Crippen LogP contribution in [0.4, 0.5) is 0 Å². The van der Waals surface area contributed by atoms with Crippen molar-refractivity contribution in [1.82, 2.24) is 0 Å². The predicted octanol–water partition coefficient (Wildman–Crippen LogP) is 13.0. The molecular weight excluding hydrogens is 1370 g/mol. The summed E-state index contributed by atoms with van der Waals surface area (Å²) in [7, 11) is 4.58. The summed E-state index contributed by atoms with van der Waals surface area (Å²) in [4.78, 5) is 108. The minimum atomic E-state index is -0.804. The molecule has 0 amide bonds. The van der Waals surface area contributed by atoms with Gasteiger partial charge in [-0.1, -0.05) is 172 Å². The second-order valence-electron chi connectivity index (χ2n) is 22.6. The van der Waals surface area contributed by atoms with Crippen LogP contribution in [0.3, 0.4) is 0 Å². The van der Waals surface area contributed by atoms with Gasteiger partial charge in [0, 0.05) is 57.8 Å². The molecule has 18 nitrogen and oxygen atoms in total. The molecule has 4 unspecified atom stereocenters. The number of ketones is 1. The van der Waals surface area contributed by atoms with Gasteiger partial charge in [-0.15, -0.1) is 6.58 Å². The van der Waals surface area contributed by atoms with Crippen LogP contribution in [0.1, 0.15) is 117 Å². The van der Waals surface area contributed by atoms with Crippen LogP contribution in [0.5, 0.6) is 0 Å². The molecule has 0 fully saturated rings. The fourth-order valence-corrected chi connectivity index (χ4v) is 16.4. The third kappa shape index (κ3) is 28.3. The van der Waals surface area contributed by atoms with Gasteiger partial charge in [-0.25, -0.2) is 0 Å². The molecular formula is C63H88O18S10. The van der Waals surface area contributed by atoms with Crippen LogP contribution in [0.15, 0.2) is 117 Å². The molecule has 0 spiro atoms. The van der Waals surface area contributed by atoms with E-state index in [1.165, 1.54) is 127 Å². The van der Waals surface area contributed by atoms with E-state index in [4.69, 9.17) is 34.6 Å². The molecule has 0 bridgehead atoms. The fourth-order valence-electron chi connectivity index (χ4n) is 7.94. The average Bonchev–Trinajstić information content (AvgIpc) is 2.61. The van der Waals surface area contributed by atoms with E-state index in [2.05, 4.69) is 48.1 Å². The molecule has 91 heavy (non-hydrogen) atoms. The minimum Gasteiger partial charge on any atom is -0.511 e. The van der Waals surface area contributed by atoms with Crippen molar-refractivity contribution in [2.24, 2.45) is 10.8 Å². The first-order valence-electron chi connectivity index (χ1n) is 27.8. The molecule has 0 aromatic carbocycles. The Balaban J connectivity index is 0.00000100. The summed E-state index contributed by atoms with van der Waals surface area (Å²) >= 11 is 11.1. The van der Waals surface area contributed by atoms with Crippen molar-refractivity contribution in [1.29, 1.82) is 0 Å². The van der Waals surface area contributed by atoms with Gasteiger partial charge < -0.3 is 39.7 Å². The van der Waals surface area contributed by atoms with E-state index in [0.717, 1.165) is 52.4 Å². The Hall–Kier alpha value is -3.68. The second kappa shape index (κ2) is 40.7. The van der Waals surface area contributed by atoms with Crippen molar-refractivity contribution in [2.75, 3.05) is 57.6 Å². The maximum absolute atomic E-state index is 11.1. The van der Waals surface area contributed by atoms with E-state index >= 15 is 0 Å². The molecule has 9 aliphatic rings. The van der Waals surface area contributed by atoms with E-state index in [9.17, 15) is 53.1 Å². The number of carbonyl (C=O) groups excluding carboxylic acids is 10. The zero-order chi connectivity index (χ0) is 69.4. The van der Waals surface area contributed by atoms with Crippen molar-refractivity contribution >= 4 is 171 Å². The number of aliphatic hydroxyl groups excluding tert-OH is 5. The van der Waals surface area contributed by atoms with E-state index in [-0.39, 0.29) is 117 Å². The number of rotatable bonds is 9. The van der Waals surface area contributed by atoms with E-state index in [1.807, 2.05) is 34.6 Å². The highest BCUT2D eigenvalue weighted by atomic mass is 32.2. The Labute approximate surface area is 581 Å². The van der Waals surface area contributed by atoms with Crippen LogP contribution >= 0.6 is 119 Å². The van der Waals surface area contributed by atoms with Gasteiger partial charge in [0.1, 0.15) is 44.9 Å². The summed E-state index contributed by atoms with van der Waals surface area (Å²) in [6.45, 7) is 32.6. The van der Waals surface area contributed by atoms with Gasteiger partial charge in [-0.2, -0.15) is 13.5 Å². The van der Waals surface area contributed by atoms with Crippen LogP contribution in [-0.2, 0) is 62.2 Å². The second-order valence-corrected chi connectivity index (χ2v) is 33.0. The predicted molar refractivity (Wildman–Crippen MR) is 386 cm³/mol. The van der Waals surface area contributed by atoms with E-state index in [0.29, 0.717) is 63.3 Å². The van der Waals surface area contributed by atoms with Gasteiger partial charge >= 0.3 is 0 Å². The number of Topliss-reactive ketones (excluding diaryl/α,β-unsaturated/α-hetero) is 1. The molecule has 9 rings (SSSR count). The summed E-state index contributed by atoms with van der Waals surface area (Å²) in [6.07, 6.45) is 10.5. The SMILES string of the molecule is C=C[C@]1(C)SC(=O)C=C1O.CC1=C(C(C)(C)C)CSC1=O.CC1=C(O)C(C)(CO)SC1=O.CC1=CC(=O)SC1C.CC1=CC(=O)SC1C(C)(C)C.CCC1=C(O)CSC1=O.COC1=C(C(C)=O)C(=O)SC1.COC1=CC(=O)SC1.COC1=CC(=O)SC1CCO.S. The lowest BCUT2D eigenvalue weighted by Gasteiger charge is -2.26. The van der Waals surface area contributed by atoms with Gasteiger partial charge in [0.25, 0.3) is 0 Å². The van der Waals surface area contributed by atoms with Gasteiger partial charge in [-0.3, -0.25) is 47.9 Å². The number of thioether (sulfide) groups is 9. The molecule has 0 aliphatic carbocycles. The lowest BCUT2D eigenvalue weighted by atomic mass is 9.85. The molecule has 0 saturated heterocycles. The van der Waals surface area contributed by atoms with Gasteiger partial charge in [0.2, 0.25) is 46.0 Å². The Morgan fingerprint density at radius 3 is 1.47 bits per heavy atom. The van der Waals surface area contributed by atoms with E-state index < -0.39 is 9.49 Å². The Morgan fingerprint density at radius 2 is 1.22 bits per heavy atom. The molecule has 0 saturated carbocycles. The Kier molecular flexibility index (Phi) is 39.0. The molecule has 9 aliphatic heterocycles. The van der Waals surface area contributed by atoms with Crippen molar-refractivity contribution < 1.29 is 87.7 Å². The zero-order valence-corrected chi connectivity index (χ0v) is 63.1. The first-order chi connectivity index (χ1) is 41.6. The highest BCUT2D eigenvalue weighted by Gasteiger charge is 2.41. The molecule has 0 aromatic rings. The Morgan fingerprint density at radius 1 is 0.659 bits per heavy atom. The van der Waals surface area contributed by atoms with Crippen molar-refractivity contribution in [3.63, 3.8) is 0 Å². The number of methoxy groups -OCH3 is 3. The van der Waals surface area contributed by atoms with Gasteiger partial charge in [-0.05, 0) is 96.8 Å². The van der Waals surface area contributed by atoms with Crippen LogP contribution in [-0.4, -0.2) is 160 Å². The monoisotopic (exact) mass is 1450 g/mol. The van der Waals surface area contributed by atoms with Crippen LogP contribution in [0.25, 0.3) is 0 Å². The number of hydrogen-bond acceptors (Lipinski definition) is 27. The number of carbonyl (C=O) groups is 10. The molecule has 5 atom stereocenters. The first-order valence-corrected chi connectivity index (χ1v) is 36.1. The molecule has 0 aromatic heterocycles. The van der Waals surface area contributed by atoms with Gasteiger partial charge in [0.15, 0.2) is 5.78 Å². The maximum Gasteiger partial charge on any atom is 0.226 e. The third-order valence-corrected chi connectivity index (χ3v) is 23.2. The molecule has 5 N–H and O–H groups in total. The molecule has 508 valence electrons. The topological polar surface area (TPSA) is 300 Å². The smallest absolute Gasteiger partial charge is 0.226 e. The van der Waals surface area contributed by atoms with Crippen LogP contribution in [0, 0.1) is 10.8 Å². The molecule has 9 heterocycles. The van der Waals surface area contributed by atoms with E-state index in [1.54, 1.807) is 46.1 Å². The standard InChI is InChI=1S/2C9H14OS.C7H10O3S.C7H8O3S.C7H10O3S.C7H8O2S.C6H8O2S.C6H8OS.C5H6O2S.H2S/c1-6-7(9(2,3)4)5-11-8(6)10;1-6-5-7(10)11-8(6)9(2,3)4;1-4-5(9)7(2,3-8)11-6(4)10;1-4(8)6-5(10-2)3-11-7(6)9;1-10-5-4-7(9)11-6(5)2-3-8;1-3-7(2)5(8)4-6(9)10-7;1-2-4-5(7)3-9-6(4)8;1-4-3-6(7)8-5(4)2;1-7-4-2-5(6)8-3-4;/h5H2,1-4H3;5,8H,1-4H3;8-9H,3H2,1-2H3;3H2,1-2H3;4,6,8H,2-3H2,1H3;3-4,8H,1H2,2H3;7H,2-3H2,1H3;3,5H,1-2H3;2H,3H2,1H3;1H2/t;;;;;7-;;;;/m.....0..../s1. The molecule has 28 heteroatoms. The largest absolute Gasteiger partial charge is 0.511 e. The first kappa shape index (κ1) is 87.3. The summed E-state index contributed by atoms with van der Waals surface area (Å²) in [5.41, 5.74) is 6.24.